The predicted octanol–water partition coefficient (Wildman–Crippen LogP) is 1.86. The molecule has 11 heteroatoms. The molecule has 9 nitrogen and oxygen atoms in total. The first-order valence-corrected chi connectivity index (χ1v) is 15.3. The number of Topliss-reactive ketones (excluding diaryl/α,β-unsaturated/α-hetero) is 1. The molecule has 0 radical (unpaired) electrons. The van der Waals surface area contributed by atoms with Crippen LogP contribution in [0.4, 0.5) is 0 Å². The van der Waals surface area contributed by atoms with Gasteiger partial charge in [-0.3, -0.25) is 24.1 Å². The van der Waals surface area contributed by atoms with Crippen LogP contribution in [0.2, 0.25) is 0 Å². The van der Waals surface area contributed by atoms with Crippen LogP contribution in [0.1, 0.15) is 58.1 Å². The van der Waals surface area contributed by atoms with Crippen molar-refractivity contribution in [3.05, 3.63) is 35.9 Å². The minimum atomic E-state index is -1.51. The number of hydrogen-bond donors (Lipinski definition) is 4. The topological polar surface area (TPSA) is 128 Å². The van der Waals surface area contributed by atoms with Crippen LogP contribution in [0.15, 0.2) is 30.3 Å². The maximum Gasteiger partial charge on any atom is 0.251 e. The summed E-state index contributed by atoms with van der Waals surface area (Å²) in [6, 6.07) is 6.94. The molecule has 1 spiro atoms. The molecule has 1 aromatic carbocycles. The number of ketones is 1. The van der Waals surface area contributed by atoms with Gasteiger partial charge in [0, 0.05) is 6.54 Å². The van der Waals surface area contributed by atoms with E-state index in [1.54, 1.807) is 24.3 Å². The molecule has 2 aliphatic rings. The lowest BCUT2D eigenvalue weighted by Gasteiger charge is -2.31. The number of carbonyl (C=O) groups is 4. The summed E-state index contributed by atoms with van der Waals surface area (Å²) in [5.41, 5.74) is 0.644. The van der Waals surface area contributed by atoms with Crippen LogP contribution < -0.4 is 16.0 Å². The molecule has 4 N–H and O–H groups in total. The molecule has 1 aromatic rings. The number of nitrogens with zero attached hydrogens (tertiary/aromatic N) is 1. The number of aliphatic hydroxyl groups excluding tert-OH is 1. The van der Waals surface area contributed by atoms with E-state index in [9.17, 15) is 24.3 Å². The number of likely N-dealkylation sites (tertiary alicyclic amines) is 1. The summed E-state index contributed by atoms with van der Waals surface area (Å²) in [5.74, 6) is 0.492. The molecule has 3 amide bonds. The van der Waals surface area contributed by atoms with Crippen molar-refractivity contribution >= 4 is 47.0 Å². The number of thioether (sulfide) groups is 2. The molecule has 0 bridgehead atoms. The van der Waals surface area contributed by atoms with Gasteiger partial charge in [0.05, 0.1) is 22.7 Å². The molecule has 3 rings (SSSR count). The van der Waals surface area contributed by atoms with Gasteiger partial charge in [0.2, 0.25) is 11.8 Å². The van der Waals surface area contributed by atoms with Gasteiger partial charge < -0.3 is 21.1 Å². The van der Waals surface area contributed by atoms with E-state index in [4.69, 9.17) is 0 Å². The van der Waals surface area contributed by atoms with Gasteiger partial charge in [0.15, 0.2) is 11.9 Å². The van der Waals surface area contributed by atoms with Crippen LogP contribution in [-0.4, -0.2) is 86.9 Å². The van der Waals surface area contributed by atoms with Crippen molar-refractivity contribution < 1.29 is 24.3 Å². The van der Waals surface area contributed by atoms with Crippen LogP contribution in [0.3, 0.4) is 0 Å². The lowest BCUT2D eigenvalue weighted by atomic mass is 10.0. The van der Waals surface area contributed by atoms with E-state index in [0.29, 0.717) is 18.4 Å². The summed E-state index contributed by atoms with van der Waals surface area (Å²) in [6.45, 7) is 6.54. The van der Waals surface area contributed by atoms with Crippen molar-refractivity contribution in [3.8, 4) is 0 Å². The summed E-state index contributed by atoms with van der Waals surface area (Å²) < 4.78 is 0.0252. The van der Waals surface area contributed by atoms with Gasteiger partial charge >= 0.3 is 0 Å². The van der Waals surface area contributed by atoms with Gasteiger partial charge in [-0.2, -0.15) is 0 Å². The Bertz CT molecular complexity index is 973. The number of aliphatic hydroxyl groups is 1. The number of carbonyl (C=O) groups excluding carboxylic acids is 4. The van der Waals surface area contributed by atoms with Gasteiger partial charge in [-0.15, -0.1) is 23.5 Å². The molecule has 2 heterocycles. The van der Waals surface area contributed by atoms with Crippen LogP contribution in [0, 0.1) is 0 Å². The number of amides is 3. The monoisotopic (exact) mass is 564 g/mol. The largest absolute Gasteiger partial charge is 0.381 e. The fourth-order valence-electron chi connectivity index (χ4n) is 4.96. The Balaban J connectivity index is 1.56. The zero-order valence-corrected chi connectivity index (χ0v) is 24.0. The summed E-state index contributed by atoms with van der Waals surface area (Å²) in [7, 11) is 0. The minimum absolute atomic E-state index is 0.0252. The van der Waals surface area contributed by atoms with E-state index in [1.165, 1.54) is 13.3 Å². The van der Waals surface area contributed by atoms with E-state index in [2.05, 4.69) is 20.9 Å². The minimum Gasteiger partial charge on any atom is -0.381 e. The number of benzene rings is 1. The highest BCUT2D eigenvalue weighted by Gasteiger charge is 2.48. The van der Waals surface area contributed by atoms with E-state index in [0.717, 1.165) is 31.0 Å². The van der Waals surface area contributed by atoms with E-state index in [-0.39, 0.29) is 21.8 Å². The second-order valence-corrected chi connectivity index (χ2v) is 13.0. The third-order valence-electron chi connectivity index (χ3n) is 6.96. The summed E-state index contributed by atoms with van der Waals surface area (Å²) >= 11 is 3.87. The molecule has 0 aliphatic carbocycles. The third kappa shape index (κ3) is 7.97. The van der Waals surface area contributed by atoms with Crippen molar-refractivity contribution in [2.24, 2.45) is 0 Å². The van der Waals surface area contributed by atoms with E-state index >= 15 is 0 Å². The highest BCUT2D eigenvalue weighted by atomic mass is 32.2. The molecule has 0 saturated carbocycles. The Hall–Kier alpha value is -2.08. The van der Waals surface area contributed by atoms with Gasteiger partial charge in [0.1, 0.15) is 6.04 Å². The first-order valence-electron chi connectivity index (χ1n) is 13.3. The van der Waals surface area contributed by atoms with E-state index < -0.39 is 36.5 Å². The Morgan fingerprint density at radius 2 is 1.79 bits per heavy atom. The third-order valence-corrected chi connectivity index (χ3v) is 10.3. The second kappa shape index (κ2) is 14.3. The highest BCUT2D eigenvalue weighted by molar-refractivity contribution is 8.18. The lowest BCUT2D eigenvalue weighted by molar-refractivity contribution is -0.135. The number of hydrogen-bond acceptors (Lipinski definition) is 8. The maximum atomic E-state index is 13.3. The van der Waals surface area contributed by atoms with Crippen molar-refractivity contribution in [1.29, 1.82) is 0 Å². The number of likely N-dealkylation sites (N-methyl/N-ethyl adjacent to an activating group) is 1. The average Bonchev–Trinajstić information content (AvgIpc) is 3.28. The van der Waals surface area contributed by atoms with Gasteiger partial charge in [-0.05, 0) is 49.8 Å². The zero-order valence-electron chi connectivity index (χ0n) is 22.4. The van der Waals surface area contributed by atoms with E-state index in [1.807, 2.05) is 43.4 Å². The molecule has 2 unspecified atom stereocenters. The van der Waals surface area contributed by atoms with Gasteiger partial charge in [-0.25, -0.2) is 0 Å². The van der Waals surface area contributed by atoms with Crippen molar-refractivity contribution in [2.45, 2.75) is 74.8 Å². The number of rotatable bonds is 12. The molecule has 2 aliphatic heterocycles. The SMILES string of the molecule is CCCC(NC(=O)[C@@H]1CC2(CN1CC)SCCCS2)C(O)C(=O)NCC(=O)N[C@H](C(C)=O)c1ccccc1. The Morgan fingerprint density at radius 1 is 1.11 bits per heavy atom. The normalized spacial score (nSPS) is 21.3. The maximum absolute atomic E-state index is 13.3. The molecule has 0 aromatic heterocycles. The van der Waals surface area contributed by atoms with Crippen molar-refractivity contribution in [3.63, 3.8) is 0 Å². The van der Waals surface area contributed by atoms with Crippen LogP contribution in [0.25, 0.3) is 0 Å². The summed E-state index contributed by atoms with van der Waals surface area (Å²) in [6.07, 6.45) is 1.49. The van der Waals surface area contributed by atoms with Crippen LogP contribution >= 0.6 is 23.5 Å². The molecular weight excluding hydrogens is 524 g/mol. The molecule has 2 saturated heterocycles. The fraction of sp³-hybridized carbons (Fsp3) is 0.630. The Kier molecular flexibility index (Phi) is 11.5. The molecule has 210 valence electrons. The molecule has 2 fully saturated rings. The standard InChI is InChI=1S/C27H40N4O5S2/c1-4-10-20(29-25(35)21-15-27(17-31(21)5-2)37-13-9-14-38-27)24(34)26(36)28-16-22(33)30-23(18(3)32)19-11-7-6-8-12-19/h6-8,11-12,20-21,23-24,34H,4-5,9-10,13-17H2,1-3H3,(H,28,36)(H,29,35)(H,30,33)/t20?,21-,23+,24?/m0/s1. The predicted molar refractivity (Wildman–Crippen MR) is 152 cm³/mol. The van der Waals surface area contributed by atoms with Crippen LogP contribution in [-0.2, 0) is 19.2 Å². The van der Waals surface area contributed by atoms with Gasteiger partial charge in [0.25, 0.3) is 5.91 Å². The molecule has 38 heavy (non-hydrogen) atoms. The van der Waals surface area contributed by atoms with Gasteiger partial charge in [-0.1, -0.05) is 50.6 Å². The first-order chi connectivity index (χ1) is 18.2. The quantitative estimate of drug-likeness (QED) is 0.303. The smallest absolute Gasteiger partial charge is 0.251 e. The lowest BCUT2D eigenvalue weighted by Crippen LogP contribution is -2.55. The highest BCUT2D eigenvalue weighted by Crippen LogP contribution is 2.50. The average molecular weight is 565 g/mol. The molecule has 4 atom stereocenters. The van der Waals surface area contributed by atoms with Crippen LogP contribution in [0.5, 0.6) is 0 Å². The second-order valence-electron chi connectivity index (χ2n) is 9.83. The summed E-state index contributed by atoms with van der Waals surface area (Å²) in [4.78, 5) is 52.8. The Morgan fingerprint density at radius 3 is 2.39 bits per heavy atom. The first kappa shape index (κ1) is 30.5. The van der Waals surface area contributed by atoms with Crippen molar-refractivity contribution in [1.82, 2.24) is 20.9 Å². The van der Waals surface area contributed by atoms with Crippen molar-refractivity contribution in [2.75, 3.05) is 31.1 Å². The fourth-order valence-corrected chi connectivity index (χ4v) is 8.36. The Labute approximate surface area is 233 Å². The molecular formula is C27H40N4O5S2. The summed E-state index contributed by atoms with van der Waals surface area (Å²) in [5, 5.41) is 18.8. The zero-order chi connectivity index (χ0) is 27.7. The number of nitrogens with one attached hydrogen (secondary N) is 3.